The molecule has 0 heterocycles. The van der Waals surface area contributed by atoms with E-state index in [1.165, 1.54) is 0 Å². The van der Waals surface area contributed by atoms with Crippen LogP contribution >= 0.6 is 0 Å². The summed E-state index contributed by atoms with van der Waals surface area (Å²) in [7, 11) is 0. The zero-order valence-electron chi connectivity index (χ0n) is 14.2. The number of nitrogens with zero attached hydrogens (tertiary/aromatic N) is 1. The monoisotopic (exact) mass is 319 g/mol. The van der Waals surface area contributed by atoms with Crippen LogP contribution in [0.25, 0.3) is 0 Å². The van der Waals surface area contributed by atoms with Crippen molar-refractivity contribution < 1.29 is 14.4 Å². The Morgan fingerprint density at radius 2 is 1.74 bits per heavy atom. The number of carbonyl (C=O) groups excluding carboxylic acids is 3. The third-order valence-corrected chi connectivity index (χ3v) is 3.30. The van der Waals surface area contributed by atoms with Gasteiger partial charge in [0, 0.05) is 30.9 Å². The highest BCUT2D eigenvalue weighted by atomic mass is 16.2. The van der Waals surface area contributed by atoms with Crippen LogP contribution in [0.1, 0.15) is 38.1 Å². The van der Waals surface area contributed by atoms with Crippen LogP contribution in [0.2, 0.25) is 0 Å². The van der Waals surface area contributed by atoms with Crippen LogP contribution in [0.15, 0.2) is 24.3 Å². The van der Waals surface area contributed by atoms with E-state index in [1.807, 2.05) is 27.7 Å². The highest BCUT2D eigenvalue weighted by molar-refractivity contribution is 6.39. The van der Waals surface area contributed by atoms with E-state index >= 15 is 0 Å². The molecule has 0 bridgehead atoms. The lowest BCUT2D eigenvalue weighted by Gasteiger charge is -2.19. The molecule has 0 aliphatic rings. The molecule has 0 fully saturated rings. The molecule has 0 aromatic heterocycles. The van der Waals surface area contributed by atoms with Crippen molar-refractivity contribution in [2.45, 2.75) is 27.7 Å². The molecule has 0 aliphatic heterocycles. The number of hydrogen-bond acceptors (Lipinski definition) is 3. The van der Waals surface area contributed by atoms with Gasteiger partial charge in [0.1, 0.15) is 0 Å². The molecule has 0 aliphatic carbocycles. The minimum absolute atomic E-state index is 0.102. The van der Waals surface area contributed by atoms with Crippen molar-refractivity contribution in [1.82, 2.24) is 10.2 Å². The van der Waals surface area contributed by atoms with Crippen LogP contribution in [0.4, 0.5) is 5.69 Å². The summed E-state index contributed by atoms with van der Waals surface area (Å²) in [5.74, 6) is -1.26. The van der Waals surface area contributed by atoms with Crippen molar-refractivity contribution in [2.75, 3.05) is 25.0 Å². The van der Waals surface area contributed by atoms with Crippen molar-refractivity contribution in [3.05, 3.63) is 29.8 Å². The molecule has 0 saturated heterocycles. The lowest BCUT2D eigenvalue weighted by molar-refractivity contribution is -0.136. The summed E-state index contributed by atoms with van der Waals surface area (Å²) in [6.07, 6.45) is 0. The molecule has 0 saturated carbocycles. The van der Waals surface area contributed by atoms with E-state index in [1.54, 1.807) is 29.2 Å². The van der Waals surface area contributed by atoms with Gasteiger partial charge in [-0.2, -0.15) is 0 Å². The first-order chi connectivity index (χ1) is 10.9. The normalized spacial score (nSPS) is 10.3. The molecule has 2 N–H and O–H groups in total. The van der Waals surface area contributed by atoms with Gasteiger partial charge in [-0.3, -0.25) is 14.4 Å². The van der Waals surface area contributed by atoms with Gasteiger partial charge in [-0.1, -0.05) is 19.9 Å². The number of hydrogen-bond donors (Lipinski definition) is 2. The highest BCUT2D eigenvalue weighted by Crippen LogP contribution is 2.13. The minimum atomic E-state index is -0.738. The Labute approximate surface area is 137 Å². The SMILES string of the molecule is CCN(CC)C(=O)c1cccc(NC(=O)C(=O)NCC(C)C)c1. The smallest absolute Gasteiger partial charge is 0.313 e. The molecular formula is C17H25N3O3. The molecule has 1 aromatic rings. The molecule has 126 valence electrons. The summed E-state index contributed by atoms with van der Waals surface area (Å²) in [6.45, 7) is 9.37. The Bertz CT molecular complexity index is 566. The zero-order valence-corrected chi connectivity index (χ0v) is 14.2. The lowest BCUT2D eigenvalue weighted by atomic mass is 10.1. The van der Waals surface area contributed by atoms with Crippen molar-refractivity contribution in [3.8, 4) is 0 Å². The van der Waals surface area contributed by atoms with Gasteiger partial charge in [0.05, 0.1) is 0 Å². The Kier molecular flexibility index (Phi) is 7.25. The standard InChI is InChI=1S/C17H25N3O3/c1-5-20(6-2)17(23)13-8-7-9-14(10-13)19-16(22)15(21)18-11-12(3)4/h7-10,12H,5-6,11H2,1-4H3,(H,18,21)(H,19,22). The van der Waals surface area contributed by atoms with E-state index in [0.717, 1.165) is 0 Å². The Hall–Kier alpha value is -2.37. The van der Waals surface area contributed by atoms with Gasteiger partial charge < -0.3 is 15.5 Å². The molecule has 0 atom stereocenters. The van der Waals surface area contributed by atoms with Gasteiger partial charge in [-0.05, 0) is 38.0 Å². The van der Waals surface area contributed by atoms with Gasteiger partial charge in [0.15, 0.2) is 0 Å². The topological polar surface area (TPSA) is 78.5 Å². The molecule has 6 heteroatoms. The quantitative estimate of drug-likeness (QED) is 0.786. The van der Waals surface area contributed by atoms with Gasteiger partial charge in [-0.25, -0.2) is 0 Å². The predicted octanol–water partition coefficient (Wildman–Crippen LogP) is 1.88. The number of amides is 3. The van der Waals surface area contributed by atoms with Crippen LogP contribution in [-0.4, -0.2) is 42.3 Å². The Morgan fingerprint density at radius 1 is 1.09 bits per heavy atom. The Morgan fingerprint density at radius 3 is 2.30 bits per heavy atom. The minimum Gasteiger partial charge on any atom is -0.348 e. The van der Waals surface area contributed by atoms with E-state index in [4.69, 9.17) is 0 Å². The number of carbonyl (C=O) groups is 3. The molecule has 0 unspecified atom stereocenters. The number of anilines is 1. The largest absolute Gasteiger partial charge is 0.348 e. The molecule has 0 radical (unpaired) electrons. The number of benzene rings is 1. The molecule has 1 rings (SSSR count). The van der Waals surface area contributed by atoms with E-state index in [-0.39, 0.29) is 11.8 Å². The third kappa shape index (κ3) is 5.73. The van der Waals surface area contributed by atoms with Crippen LogP contribution in [0.3, 0.4) is 0 Å². The maximum absolute atomic E-state index is 12.3. The summed E-state index contributed by atoms with van der Waals surface area (Å²) in [5, 5.41) is 5.06. The molecule has 3 amide bonds. The average Bonchev–Trinajstić information content (AvgIpc) is 2.53. The van der Waals surface area contributed by atoms with Crippen LogP contribution < -0.4 is 10.6 Å². The first-order valence-electron chi connectivity index (χ1n) is 7.87. The number of rotatable bonds is 6. The fourth-order valence-corrected chi connectivity index (χ4v) is 1.99. The first kappa shape index (κ1) is 18.7. The summed E-state index contributed by atoms with van der Waals surface area (Å²) in [6, 6.07) is 6.59. The first-order valence-corrected chi connectivity index (χ1v) is 7.87. The fourth-order valence-electron chi connectivity index (χ4n) is 1.99. The molecule has 6 nitrogen and oxygen atoms in total. The van der Waals surface area contributed by atoms with Crippen LogP contribution in [-0.2, 0) is 9.59 Å². The van der Waals surface area contributed by atoms with E-state index in [2.05, 4.69) is 10.6 Å². The number of nitrogens with one attached hydrogen (secondary N) is 2. The Balaban J connectivity index is 2.75. The van der Waals surface area contributed by atoms with Crippen molar-refractivity contribution in [1.29, 1.82) is 0 Å². The lowest BCUT2D eigenvalue weighted by Crippen LogP contribution is -2.37. The molecular weight excluding hydrogens is 294 g/mol. The van der Waals surface area contributed by atoms with Gasteiger partial charge >= 0.3 is 11.8 Å². The van der Waals surface area contributed by atoms with E-state index in [9.17, 15) is 14.4 Å². The summed E-state index contributed by atoms with van der Waals surface area (Å²) < 4.78 is 0. The van der Waals surface area contributed by atoms with Crippen molar-refractivity contribution in [2.24, 2.45) is 5.92 Å². The third-order valence-electron chi connectivity index (χ3n) is 3.30. The van der Waals surface area contributed by atoms with Gasteiger partial charge in [-0.15, -0.1) is 0 Å². The van der Waals surface area contributed by atoms with Crippen LogP contribution in [0, 0.1) is 5.92 Å². The molecule has 1 aromatic carbocycles. The summed E-state index contributed by atoms with van der Waals surface area (Å²) in [4.78, 5) is 37.5. The summed E-state index contributed by atoms with van der Waals surface area (Å²) >= 11 is 0. The van der Waals surface area contributed by atoms with E-state index < -0.39 is 11.8 Å². The van der Waals surface area contributed by atoms with Gasteiger partial charge in [0.2, 0.25) is 0 Å². The highest BCUT2D eigenvalue weighted by Gasteiger charge is 2.16. The predicted molar refractivity (Wildman–Crippen MR) is 90.2 cm³/mol. The maximum Gasteiger partial charge on any atom is 0.313 e. The average molecular weight is 319 g/mol. The summed E-state index contributed by atoms with van der Waals surface area (Å²) in [5.41, 5.74) is 0.904. The molecule has 0 spiro atoms. The second-order valence-corrected chi connectivity index (χ2v) is 5.62. The van der Waals surface area contributed by atoms with Crippen molar-refractivity contribution >= 4 is 23.4 Å². The zero-order chi connectivity index (χ0) is 17.4. The van der Waals surface area contributed by atoms with Crippen LogP contribution in [0.5, 0.6) is 0 Å². The maximum atomic E-state index is 12.3. The fraction of sp³-hybridized carbons (Fsp3) is 0.471. The van der Waals surface area contributed by atoms with E-state index in [0.29, 0.717) is 30.9 Å². The molecule has 23 heavy (non-hydrogen) atoms. The second-order valence-electron chi connectivity index (χ2n) is 5.62. The van der Waals surface area contributed by atoms with Gasteiger partial charge in [0.25, 0.3) is 5.91 Å². The van der Waals surface area contributed by atoms with Crippen molar-refractivity contribution in [3.63, 3.8) is 0 Å². The second kappa shape index (κ2) is 8.92.